The van der Waals surface area contributed by atoms with Crippen molar-refractivity contribution in [2.75, 3.05) is 6.54 Å². The molecule has 0 saturated heterocycles. The highest BCUT2D eigenvalue weighted by Gasteiger charge is 2.15. The first-order chi connectivity index (χ1) is 10.8. The first-order valence-corrected chi connectivity index (χ1v) is 8.00. The molecule has 0 N–H and O–H groups in total. The topological polar surface area (TPSA) is 25.2 Å². The maximum atomic E-state index is 4.60. The van der Waals surface area contributed by atoms with Gasteiger partial charge in [-0.1, -0.05) is 52.0 Å². The molecule has 1 aliphatic rings. The van der Waals surface area contributed by atoms with Crippen LogP contribution in [0.4, 0.5) is 0 Å². The molecule has 0 aliphatic heterocycles. The second-order valence-electron chi connectivity index (χ2n) is 3.63. The summed E-state index contributed by atoms with van der Waals surface area (Å²) in [5, 5.41) is 0. The van der Waals surface area contributed by atoms with Crippen LogP contribution < -0.4 is 0 Å². The summed E-state index contributed by atoms with van der Waals surface area (Å²) in [6, 6.07) is 4.02. The van der Waals surface area contributed by atoms with Gasteiger partial charge in [0.2, 0.25) is 0 Å². The highest BCUT2D eigenvalue weighted by molar-refractivity contribution is 6.17. The van der Waals surface area contributed by atoms with Crippen LogP contribution in [0, 0.1) is 12.3 Å². The first-order valence-electron chi connectivity index (χ1n) is 8.00. The quantitative estimate of drug-likeness (QED) is 0.623. The molecule has 0 atom stereocenters. The van der Waals surface area contributed by atoms with Crippen LogP contribution in [0.25, 0.3) is 6.08 Å². The Kier molecular flexibility index (Phi) is 15.4. The van der Waals surface area contributed by atoms with Crippen LogP contribution >= 0.6 is 0 Å². The maximum absolute atomic E-state index is 4.60. The normalized spacial score (nSPS) is 14.3. The summed E-state index contributed by atoms with van der Waals surface area (Å²) in [6.07, 6.45) is 12.7. The molecule has 0 spiro atoms. The van der Waals surface area contributed by atoms with E-state index in [9.17, 15) is 0 Å². The number of allylic oxidation sites excluding steroid dienone is 3. The van der Waals surface area contributed by atoms with Crippen LogP contribution in [0.1, 0.15) is 59.7 Å². The molecule has 0 amide bonds. The molecule has 0 saturated carbocycles. The fraction of sp³-hybridized carbons (Fsp3) is 0.400. The van der Waals surface area contributed by atoms with Crippen molar-refractivity contribution >= 4 is 11.8 Å². The Morgan fingerprint density at radius 3 is 2.32 bits per heavy atom. The second kappa shape index (κ2) is 15.3. The predicted molar refractivity (Wildman–Crippen MR) is 101 cm³/mol. The van der Waals surface area contributed by atoms with Crippen molar-refractivity contribution in [3.8, 4) is 12.3 Å². The molecule has 120 valence electrons. The number of hydrogen-bond donors (Lipinski definition) is 0. The number of hydrogen-bond acceptors (Lipinski definition) is 2. The van der Waals surface area contributed by atoms with Gasteiger partial charge in [-0.15, -0.1) is 12.3 Å². The van der Waals surface area contributed by atoms with Crippen LogP contribution in [0.2, 0.25) is 0 Å². The zero-order valence-corrected chi connectivity index (χ0v) is 15.1. The van der Waals surface area contributed by atoms with E-state index in [0.717, 1.165) is 29.1 Å². The average Bonchev–Trinajstić information content (AvgIpc) is 2.60. The first kappa shape index (κ1) is 22.1. The van der Waals surface area contributed by atoms with Gasteiger partial charge in [-0.25, -0.2) is 0 Å². The third kappa shape index (κ3) is 7.04. The van der Waals surface area contributed by atoms with Crippen molar-refractivity contribution in [1.29, 1.82) is 0 Å². The Hall–Kier alpha value is -2.14. The zero-order chi connectivity index (χ0) is 17.4. The van der Waals surface area contributed by atoms with E-state index < -0.39 is 0 Å². The lowest BCUT2D eigenvalue weighted by Gasteiger charge is -2.14. The molecule has 0 aromatic carbocycles. The van der Waals surface area contributed by atoms with Gasteiger partial charge in [0.1, 0.15) is 0 Å². The third-order valence-electron chi connectivity index (χ3n) is 2.41. The fourth-order valence-corrected chi connectivity index (χ4v) is 1.70. The van der Waals surface area contributed by atoms with E-state index in [1.165, 1.54) is 0 Å². The fourth-order valence-electron chi connectivity index (χ4n) is 1.70. The summed E-state index contributed by atoms with van der Waals surface area (Å²) in [4.78, 5) is 8.91. The summed E-state index contributed by atoms with van der Waals surface area (Å²) >= 11 is 0. The van der Waals surface area contributed by atoms with E-state index in [1.54, 1.807) is 6.92 Å². The van der Waals surface area contributed by atoms with E-state index in [-0.39, 0.29) is 0 Å². The Balaban J connectivity index is 0. The molecule has 0 fully saturated rings. The summed E-state index contributed by atoms with van der Waals surface area (Å²) in [5.74, 6) is 2.25. The molecule has 0 unspecified atom stereocenters. The van der Waals surface area contributed by atoms with Gasteiger partial charge < -0.3 is 0 Å². The largest absolute Gasteiger partial charge is 0.283 e. The van der Waals surface area contributed by atoms with Gasteiger partial charge in [0.25, 0.3) is 0 Å². The maximum Gasteiger partial charge on any atom is 0.0959 e. The van der Waals surface area contributed by atoms with Crippen molar-refractivity contribution in [2.45, 2.75) is 48.5 Å². The summed E-state index contributed by atoms with van der Waals surface area (Å²) in [6.45, 7) is 14.5. The number of fused-ring (bicyclic) bond motifs is 1. The number of nitrogens with zero attached hydrogens (tertiary/aromatic N) is 2. The highest BCUT2D eigenvalue weighted by Crippen LogP contribution is 2.21. The number of aliphatic imine (C=N–C) groups is 1. The number of pyridine rings is 1. The number of terminal acetylenes is 1. The molecule has 1 aliphatic carbocycles. The number of aromatic nitrogens is 1. The second-order valence-corrected chi connectivity index (χ2v) is 3.63. The van der Waals surface area contributed by atoms with Crippen LogP contribution in [-0.2, 0) is 0 Å². The third-order valence-corrected chi connectivity index (χ3v) is 2.41. The Morgan fingerprint density at radius 1 is 1.23 bits per heavy atom. The molecule has 0 bridgehead atoms. The smallest absolute Gasteiger partial charge is 0.0959 e. The molecule has 0 radical (unpaired) electrons. The van der Waals surface area contributed by atoms with E-state index >= 15 is 0 Å². The van der Waals surface area contributed by atoms with E-state index in [1.807, 2.05) is 53.8 Å². The molecule has 1 heterocycles. The molecule has 1 aromatic rings. The minimum Gasteiger partial charge on any atom is -0.283 e. The van der Waals surface area contributed by atoms with Crippen LogP contribution in [0.5, 0.6) is 0 Å². The lowest BCUT2D eigenvalue weighted by Crippen LogP contribution is -2.12. The monoisotopic (exact) mass is 298 g/mol. The van der Waals surface area contributed by atoms with Crippen molar-refractivity contribution < 1.29 is 0 Å². The SMILES string of the molecule is C#CC.C/C=C1/C=Cc2cccnc2C1=NCC.CC.CC. The lowest BCUT2D eigenvalue weighted by molar-refractivity contribution is 1.12. The summed E-state index contributed by atoms with van der Waals surface area (Å²) < 4.78 is 0. The molecule has 2 heteroatoms. The molecule has 22 heavy (non-hydrogen) atoms. The van der Waals surface area contributed by atoms with E-state index in [0.29, 0.717) is 0 Å². The molecule has 2 nitrogen and oxygen atoms in total. The van der Waals surface area contributed by atoms with Gasteiger partial charge in [-0.2, -0.15) is 0 Å². The lowest BCUT2D eigenvalue weighted by atomic mass is 9.96. The van der Waals surface area contributed by atoms with Gasteiger partial charge in [0.05, 0.1) is 11.4 Å². The summed E-state index contributed by atoms with van der Waals surface area (Å²) in [7, 11) is 0. The van der Waals surface area contributed by atoms with Gasteiger partial charge >= 0.3 is 0 Å². The van der Waals surface area contributed by atoms with Crippen molar-refractivity contribution in [1.82, 2.24) is 4.98 Å². The number of rotatable bonds is 1. The minimum absolute atomic E-state index is 0.788. The highest BCUT2D eigenvalue weighted by atomic mass is 14.8. The minimum atomic E-state index is 0.788. The molecular formula is C20H30N2. The van der Waals surface area contributed by atoms with Crippen molar-refractivity contribution in [3.63, 3.8) is 0 Å². The van der Waals surface area contributed by atoms with Gasteiger partial charge in [-0.05, 0) is 32.4 Å². The standard InChI is InChI=1S/C13H14N2.C3H4.2C2H6/c1-3-10-7-8-11-6-5-9-15-13(11)12(10)14-4-2;1-3-2;2*1-2/h3,5-9H,4H2,1-2H3;1H,2H3;2*1-2H3/b10-3-,14-12?;;;. The molecule has 2 rings (SSSR count). The Bertz CT molecular complexity index is 529. The Morgan fingerprint density at radius 2 is 1.82 bits per heavy atom. The van der Waals surface area contributed by atoms with Crippen LogP contribution in [0.15, 0.2) is 41.0 Å². The van der Waals surface area contributed by atoms with E-state index in [4.69, 9.17) is 0 Å². The van der Waals surface area contributed by atoms with Gasteiger partial charge in [-0.3, -0.25) is 9.98 Å². The molecule has 1 aromatic heterocycles. The van der Waals surface area contributed by atoms with Gasteiger partial charge in [0, 0.05) is 18.3 Å². The summed E-state index contributed by atoms with van der Waals surface area (Å²) in [5.41, 5.74) is 4.31. The van der Waals surface area contributed by atoms with Gasteiger partial charge in [0.15, 0.2) is 0 Å². The van der Waals surface area contributed by atoms with Crippen molar-refractivity contribution in [3.05, 3.63) is 47.3 Å². The van der Waals surface area contributed by atoms with E-state index in [2.05, 4.69) is 46.6 Å². The Labute approximate surface area is 137 Å². The zero-order valence-electron chi connectivity index (χ0n) is 15.1. The van der Waals surface area contributed by atoms with Crippen LogP contribution in [-0.4, -0.2) is 17.2 Å². The average molecular weight is 298 g/mol. The predicted octanol–water partition coefficient (Wildman–Crippen LogP) is 5.56. The van der Waals surface area contributed by atoms with Crippen LogP contribution in [0.3, 0.4) is 0 Å². The van der Waals surface area contributed by atoms with Crippen molar-refractivity contribution in [2.24, 2.45) is 4.99 Å². The molecular weight excluding hydrogens is 268 g/mol.